The molecule has 2 nitrogen and oxygen atoms in total. The maximum atomic E-state index is 12.5. The van der Waals surface area contributed by atoms with E-state index in [4.69, 9.17) is 0 Å². The third-order valence-electron chi connectivity index (χ3n) is 5.48. The van der Waals surface area contributed by atoms with Crippen LogP contribution in [0.3, 0.4) is 0 Å². The average Bonchev–Trinajstić information content (AvgIpc) is 2.70. The van der Waals surface area contributed by atoms with Crippen molar-refractivity contribution in [3.8, 4) is 5.75 Å². The van der Waals surface area contributed by atoms with Gasteiger partial charge in [0.2, 0.25) is 0 Å². The number of phenols is 1. The number of fused-ring (bicyclic) bond motifs is 5. The third-order valence-corrected chi connectivity index (χ3v) is 6.27. The standard InChI is InChI=1S/C18H17BrO2/c1-18-7-6-13-12-5-3-11(20)8-10(12)2-4-14(13)15(18)9-16(19)17(18)21/h2-5,8,15-16,20H,6-7,9H2,1H3/t15-,16+,18-/m0/s1. The number of hydrogen-bond acceptors (Lipinski definition) is 2. The Labute approximate surface area is 132 Å². The number of alkyl halides is 1. The van der Waals surface area contributed by atoms with Gasteiger partial charge in [-0.15, -0.1) is 0 Å². The number of aryl methyl sites for hydroxylation is 1. The lowest BCUT2D eigenvalue weighted by Gasteiger charge is -2.36. The van der Waals surface area contributed by atoms with Crippen molar-refractivity contribution in [2.75, 3.05) is 0 Å². The summed E-state index contributed by atoms with van der Waals surface area (Å²) in [5, 5.41) is 11.9. The number of carbonyl (C=O) groups excluding carboxylic acids is 1. The summed E-state index contributed by atoms with van der Waals surface area (Å²) in [7, 11) is 0. The third kappa shape index (κ3) is 1.73. The number of ketones is 1. The van der Waals surface area contributed by atoms with Crippen LogP contribution in [0.5, 0.6) is 5.75 Å². The van der Waals surface area contributed by atoms with Crippen LogP contribution in [-0.4, -0.2) is 15.7 Å². The minimum absolute atomic E-state index is 0.00559. The zero-order chi connectivity index (χ0) is 14.8. The second-order valence-electron chi connectivity index (χ2n) is 6.58. The quantitative estimate of drug-likeness (QED) is 0.722. The molecule has 1 fully saturated rings. The van der Waals surface area contributed by atoms with Crippen molar-refractivity contribution >= 4 is 32.5 Å². The van der Waals surface area contributed by atoms with Crippen LogP contribution in [0, 0.1) is 5.41 Å². The lowest BCUT2D eigenvalue weighted by atomic mass is 9.66. The first-order valence-electron chi connectivity index (χ1n) is 7.43. The van der Waals surface area contributed by atoms with Crippen LogP contribution in [0.25, 0.3) is 10.8 Å². The Kier molecular flexibility index (Phi) is 2.74. The van der Waals surface area contributed by atoms with Gasteiger partial charge in [0.1, 0.15) is 5.75 Å². The van der Waals surface area contributed by atoms with Gasteiger partial charge in [-0.3, -0.25) is 4.79 Å². The molecule has 0 spiro atoms. The lowest BCUT2D eigenvalue weighted by molar-refractivity contribution is -0.125. The molecule has 2 aromatic carbocycles. The summed E-state index contributed by atoms with van der Waals surface area (Å²) in [6, 6.07) is 9.82. The first kappa shape index (κ1) is 13.3. The minimum atomic E-state index is -0.217. The average molecular weight is 345 g/mol. The van der Waals surface area contributed by atoms with Crippen LogP contribution >= 0.6 is 15.9 Å². The fourth-order valence-electron chi connectivity index (χ4n) is 4.26. The predicted molar refractivity (Wildman–Crippen MR) is 87.1 cm³/mol. The highest BCUT2D eigenvalue weighted by molar-refractivity contribution is 9.10. The van der Waals surface area contributed by atoms with Gasteiger partial charge in [0.15, 0.2) is 5.78 Å². The van der Waals surface area contributed by atoms with Crippen molar-refractivity contribution in [1.82, 2.24) is 0 Å². The Morgan fingerprint density at radius 2 is 2.10 bits per heavy atom. The molecular weight excluding hydrogens is 328 g/mol. The summed E-state index contributed by atoms with van der Waals surface area (Å²) in [5.74, 6) is 0.986. The highest BCUT2D eigenvalue weighted by Gasteiger charge is 2.53. The van der Waals surface area contributed by atoms with Crippen molar-refractivity contribution in [2.45, 2.75) is 36.9 Å². The van der Waals surface area contributed by atoms with Gasteiger partial charge in [-0.25, -0.2) is 0 Å². The van der Waals surface area contributed by atoms with Crippen molar-refractivity contribution in [3.63, 3.8) is 0 Å². The number of phenolic OH excluding ortho intramolecular Hbond substituents is 1. The summed E-state index contributed by atoms with van der Waals surface area (Å²) in [4.78, 5) is 12.5. The predicted octanol–water partition coefficient (Wildman–Crippen LogP) is 4.32. The van der Waals surface area contributed by atoms with Crippen molar-refractivity contribution in [2.24, 2.45) is 5.41 Å². The SMILES string of the molecule is C[C@]12CCc3c(ccc4cc(O)ccc34)[C@@H]1C[C@@H](Br)C2=O. The molecule has 4 rings (SSSR count). The zero-order valence-electron chi connectivity index (χ0n) is 11.9. The van der Waals surface area contributed by atoms with E-state index in [1.165, 1.54) is 16.5 Å². The van der Waals surface area contributed by atoms with E-state index < -0.39 is 0 Å². The van der Waals surface area contributed by atoms with E-state index >= 15 is 0 Å². The Bertz CT molecular complexity index is 767. The van der Waals surface area contributed by atoms with Gasteiger partial charge >= 0.3 is 0 Å². The molecule has 1 N–H and O–H groups in total. The summed E-state index contributed by atoms with van der Waals surface area (Å²) < 4.78 is 0. The molecule has 0 radical (unpaired) electrons. The van der Waals surface area contributed by atoms with Crippen LogP contribution in [0.15, 0.2) is 30.3 Å². The smallest absolute Gasteiger partial charge is 0.152 e. The van der Waals surface area contributed by atoms with Gasteiger partial charge in [-0.05, 0) is 59.2 Å². The molecule has 0 aromatic heterocycles. The van der Waals surface area contributed by atoms with Gasteiger partial charge in [0, 0.05) is 5.41 Å². The van der Waals surface area contributed by atoms with E-state index in [-0.39, 0.29) is 10.2 Å². The monoisotopic (exact) mass is 344 g/mol. The van der Waals surface area contributed by atoms with Gasteiger partial charge in [-0.2, -0.15) is 0 Å². The van der Waals surface area contributed by atoms with Crippen molar-refractivity contribution in [3.05, 3.63) is 41.5 Å². The highest BCUT2D eigenvalue weighted by atomic mass is 79.9. The van der Waals surface area contributed by atoms with E-state index in [1.807, 2.05) is 12.1 Å². The lowest BCUT2D eigenvalue weighted by Crippen LogP contribution is -2.33. The van der Waals surface area contributed by atoms with Crippen LogP contribution < -0.4 is 0 Å². The number of halogens is 1. The summed E-state index contributed by atoms with van der Waals surface area (Å²) >= 11 is 3.56. The molecule has 0 saturated heterocycles. The van der Waals surface area contributed by atoms with E-state index in [0.29, 0.717) is 17.5 Å². The molecule has 0 amide bonds. The van der Waals surface area contributed by atoms with Crippen molar-refractivity contribution < 1.29 is 9.90 Å². The van der Waals surface area contributed by atoms with E-state index in [9.17, 15) is 9.90 Å². The number of Topliss-reactive ketones (excluding diaryl/α,β-unsaturated/α-hetero) is 1. The number of rotatable bonds is 0. The summed E-state index contributed by atoms with van der Waals surface area (Å²) in [6.45, 7) is 2.13. The summed E-state index contributed by atoms with van der Waals surface area (Å²) in [5.41, 5.74) is 2.48. The molecule has 2 aliphatic rings. The topological polar surface area (TPSA) is 37.3 Å². The number of aromatic hydroxyl groups is 1. The molecule has 3 atom stereocenters. The largest absolute Gasteiger partial charge is 0.508 e. The van der Waals surface area contributed by atoms with Gasteiger partial charge in [0.25, 0.3) is 0 Å². The van der Waals surface area contributed by atoms with Crippen LogP contribution in [0.4, 0.5) is 0 Å². The second kappa shape index (κ2) is 4.33. The zero-order valence-corrected chi connectivity index (χ0v) is 13.5. The molecule has 0 unspecified atom stereocenters. The first-order valence-corrected chi connectivity index (χ1v) is 8.35. The second-order valence-corrected chi connectivity index (χ2v) is 7.68. The van der Waals surface area contributed by atoms with Crippen LogP contribution in [-0.2, 0) is 11.2 Å². The number of carbonyl (C=O) groups is 1. The van der Waals surface area contributed by atoms with Crippen molar-refractivity contribution in [1.29, 1.82) is 0 Å². The molecule has 3 heteroatoms. The van der Waals surface area contributed by atoms with Gasteiger partial charge in [0.05, 0.1) is 4.83 Å². The molecule has 0 bridgehead atoms. The summed E-state index contributed by atoms with van der Waals surface area (Å²) in [6.07, 6.45) is 2.76. The molecule has 0 aliphatic heterocycles. The molecule has 2 aromatic rings. The Morgan fingerprint density at radius 1 is 1.29 bits per heavy atom. The van der Waals surface area contributed by atoms with E-state index in [0.717, 1.165) is 24.6 Å². The molecule has 2 aliphatic carbocycles. The maximum Gasteiger partial charge on any atom is 0.152 e. The van der Waals surface area contributed by atoms with E-state index in [1.54, 1.807) is 6.07 Å². The Hall–Kier alpha value is -1.35. The maximum absolute atomic E-state index is 12.5. The highest BCUT2D eigenvalue weighted by Crippen LogP contribution is 2.55. The Balaban J connectivity index is 1.93. The van der Waals surface area contributed by atoms with Gasteiger partial charge in [-0.1, -0.05) is 41.1 Å². The molecule has 21 heavy (non-hydrogen) atoms. The first-order chi connectivity index (χ1) is 10.0. The minimum Gasteiger partial charge on any atom is -0.508 e. The molecule has 0 heterocycles. The molecule has 108 valence electrons. The Morgan fingerprint density at radius 3 is 2.90 bits per heavy atom. The van der Waals surface area contributed by atoms with Crippen LogP contribution in [0.2, 0.25) is 0 Å². The molecule has 1 saturated carbocycles. The normalized spacial score (nSPS) is 31.2. The van der Waals surface area contributed by atoms with Gasteiger partial charge < -0.3 is 5.11 Å². The van der Waals surface area contributed by atoms with Crippen LogP contribution in [0.1, 0.15) is 36.8 Å². The fraction of sp³-hybridized carbons (Fsp3) is 0.389. The molecular formula is C18H17BrO2. The number of benzene rings is 2. The van der Waals surface area contributed by atoms with E-state index in [2.05, 4.69) is 35.0 Å². The fourth-order valence-corrected chi connectivity index (χ4v) is 5.16. The number of hydrogen-bond donors (Lipinski definition) is 1.